The number of rotatable bonds is 6. The van der Waals surface area contributed by atoms with Crippen LogP contribution in [0.5, 0.6) is 11.5 Å². The Kier molecular flexibility index (Phi) is 6.73. The number of nitrogens with zero attached hydrogens (tertiary/aromatic N) is 1. The Hall–Kier alpha value is -4.05. The fraction of sp³-hybridized carbons (Fsp3) is 0.125. The first-order valence-electron chi connectivity index (χ1n) is 9.43. The Bertz CT molecular complexity index is 1170. The molecule has 0 atom stereocenters. The lowest BCUT2D eigenvalue weighted by Crippen LogP contribution is -2.12. The van der Waals surface area contributed by atoms with Gasteiger partial charge in [-0.3, -0.25) is 0 Å². The Labute approximate surface area is 177 Å². The van der Waals surface area contributed by atoms with Gasteiger partial charge in [-0.2, -0.15) is 5.26 Å². The minimum atomic E-state index is -1.06. The summed E-state index contributed by atoms with van der Waals surface area (Å²) in [6.45, 7) is 2.05. The first kappa shape index (κ1) is 21.7. The number of hydrogen-bond acceptors (Lipinski definition) is 5. The minimum absolute atomic E-state index is 0.0823. The first-order valence-corrected chi connectivity index (χ1v) is 9.43. The summed E-state index contributed by atoms with van der Waals surface area (Å²) in [6, 6.07) is 15.0. The Morgan fingerprint density at radius 1 is 0.871 bits per heavy atom. The molecule has 3 rings (SSSR count). The van der Waals surface area contributed by atoms with Gasteiger partial charge in [0.15, 0.2) is 0 Å². The number of hydrogen-bond donors (Lipinski definition) is 0. The van der Waals surface area contributed by atoms with Crippen molar-refractivity contribution in [2.24, 2.45) is 0 Å². The third kappa shape index (κ3) is 5.31. The Morgan fingerprint density at radius 2 is 1.48 bits per heavy atom. The monoisotopic (exact) mass is 421 g/mol. The van der Waals surface area contributed by atoms with Gasteiger partial charge in [0, 0.05) is 12.1 Å². The summed E-state index contributed by atoms with van der Waals surface area (Å²) in [4.78, 5) is 24.4. The Morgan fingerprint density at radius 3 is 2.06 bits per heavy atom. The van der Waals surface area contributed by atoms with Crippen LogP contribution in [0.3, 0.4) is 0 Å². The number of halogens is 2. The molecule has 0 aliphatic heterocycles. The van der Waals surface area contributed by atoms with Crippen LogP contribution in [0.25, 0.3) is 0 Å². The van der Waals surface area contributed by atoms with Crippen LogP contribution < -0.4 is 9.47 Å². The van der Waals surface area contributed by atoms with Crippen molar-refractivity contribution < 1.29 is 27.8 Å². The molecule has 0 saturated heterocycles. The largest absolute Gasteiger partial charge is 0.423 e. The molecule has 7 heteroatoms. The second-order valence-corrected chi connectivity index (χ2v) is 6.62. The van der Waals surface area contributed by atoms with Crippen molar-refractivity contribution in [3.05, 3.63) is 94.6 Å². The van der Waals surface area contributed by atoms with E-state index in [0.29, 0.717) is 5.56 Å². The van der Waals surface area contributed by atoms with E-state index in [1.54, 1.807) is 18.2 Å². The maximum Gasteiger partial charge on any atom is 0.346 e. The third-order valence-electron chi connectivity index (χ3n) is 4.37. The number of esters is 2. The van der Waals surface area contributed by atoms with Gasteiger partial charge in [0.25, 0.3) is 0 Å². The summed E-state index contributed by atoms with van der Waals surface area (Å²) in [7, 11) is 0. The van der Waals surface area contributed by atoms with E-state index in [-0.39, 0.29) is 17.1 Å². The van der Waals surface area contributed by atoms with Crippen LogP contribution in [0.1, 0.15) is 45.2 Å². The zero-order chi connectivity index (χ0) is 22.4. The van der Waals surface area contributed by atoms with E-state index >= 15 is 0 Å². The topological polar surface area (TPSA) is 76.4 Å². The molecule has 0 heterocycles. The second kappa shape index (κ2) is 9.63. The number of aryl methyl sites for hydroxylation is 1. The van der Waals surface area contributed by atoms with Gasteiger partial charge in [-0.1, -0.05) is 25.5 Å². The maximum atomic E-state index is 14.4. The summed E-state index contributed by atoms with van der Waals surface area (Å²) in [5, 5.41) is 8.72. The van der Waals surface area contributed by atoms with Crippen LogP contribution in [0, 0.1) is 23.0 Å². The lowest BCUT2D eigenvalue weighted by Gasteiger charge is -2.08. The molecule has 5 nitrogen and oxygen atoms in total. The van der Waals surface area contributed by atoms with Crippen LogP contribution in [0.15, 0.2) is 60.7 Å². The highest BCUT2D eigenvalue weighted by molar-refractivity contribution is 5.93. The fourth-order valence-corrected chi connectivity index (χ4v) is 2.80. The van der Waals surface area contributed by atoms with Crippen LogP contribution >= 0.6 is 0 Å². The first-order chi connectivity index (χ1) is 14.9. The van der Waals surface area contributed by atoms with E-state index in [9.17, 15) is 18.4 Å². The van der Waals surface area contributed by atoms with E-state index in [2.05, 4.69) is 6.92 Å². The molecule has 0 amide bonds. The van der Waals surface area contributed by atoms with Crippen molar-refractivity contribution in [1.82, 2.24) is 0 Å². The number of nitriles is 1. The van der Waals surface area contributed by atoms with Crippen molar-refractivity contribution in [3.63, 3.8) is 0 Å². The standard InChI is InChI=1S/C24H17F2NO4/c1-2-3-15-4-6-16(7-5-15)23(28)30-19-10-11-20(22(26)13-19)24(29)31-18-9-8-17(14-27)21(25)12-18/h4-13H,2-3H2,1H3. The molecule has 3 aromatic carbocycles. The summed E-state index contributed by atoms with van der Waals surface area (Å²) in [5.41, 5.74) is 0.771. The predicted octanol–water partition coefficient (Wildman–Crippen LogP) is 5.23. The van der Waals surface area contributed by atoms with E-state index in [0.717, 1.165) is 42.7 Å². The van der Waals surface area contributed by atoms with Crippen LogP contribution in [0.4, 0.5) is 8.78 Å². The summed E-state index contributed by atoms with van der Waals surface area (Å²) in [6.07, 6.45) is 1.88. The fourth-order valence-electron chi connectivity index (χ4n) is 2.80. The lowest BCUT2D eigenvalue weighted by atomic mass is 10.1. The highest BCUT2D eigenvalue weighted by Gasteiger charge is 2.17. The molecule has 0 unspecified atom stereocenters. The SMILES string of the molecule is CCCc1ccc(C(=O)Oc2ccc(C(=O)Oc3ccc(C#N)c(F)c3)c(F)c2)cc1. The summed E-state index contributed by atoms with van der Waals surface area (Å²) >= 11 is 0. The van der Waals surface area contributed by atoms with Crippen molar-refractivity contribution in [1.29, 1.82) is 5.26 Å². The number of ether oxygens (including phenoxy) is 2. The van der Waals surface area contributed by atoms with Crippen molar-refractivity contribution in [3.8, 4) is 17.6 Å². The van der Waals surface area contributed by atoms with Gasteiger partial charge >= 0.3 is 11.9 Å². The van der Waals surface area contributed by atoms with E-state index in [1.807, 2.05) is 12.1 Å². The molecule has 0 radical (unpaired) electrons. The van der Waals surface area contributed by atoms with Crippen LogP contribution in [0.2, 0.25) is 0 Å². The highest BCUT2D eigenvalue weighted by atomic mass is 19.1. The van der Waals surface area contributed by atoms with E-state index < -0.39 is 29.1 Å². The molecule has 0 aliphatic rings. The van der Waals surface area contributed by atoms with Gasteiger partial charge in [-0.15, -0.1) is 0 Å². The molecule has 156 valence electrons. The molecular formula is C24H17F2NO4. The average Bonchev–Trinajstić information content (AvgIpc) is 2.74. The highest BCUT2D eigenvalue weighted by Crippen LogP contribution is 2.22. The van der Waals surface area contributed by atoms with Gasteiger partial charge in [-0.05, 0) is 48.4 Å². The molecule has 3 aromatic rings. The van der Waals surface area contributed by atoms with Gasteiger partial charge < -0.3 is 9.47 Å². The van der Waals surface area contributed by atoms with Gasteiger partial charge in [0.2, 0.25) is 0 Å². The number of carbonyl (C=O) groups excluding carboxylic acids is 2. The summed E-state index contributed by atoms with van der Waals surface area (Å²) < 4.78 is 38.1. The summed E-state index contributed by atoms with van der Waals surface area (Å²) in [5.74, 6) is -3.82. The van der Waals surface area contributed by atoms with Gasteiger partial charge in [-0.25, -0.2) is 18.4 Å². The second-order valence-electron chi connectivity index (χ2n) is 6.62. The van der Waals surface area contributed by atoms with Gasteiger partial charge in [0.05, 0.1) is 16.7 Å². The molecule has 0 aliphatic carbocycles. The molecule has 0 saturated carbocycles. The average molecular weight is 421 g/mol. The number of carbonyl (C=O) groups is 2. The van der Waals surface area contributed by atoms with E-state index in [4.69, 9.17) is 14.7 Å². The lowest BCUT2D eigenvalue weighted by molar-refractivity contribution is 0.0728. The molecule has 0 spiro atoms. The van der Waals surface area contributed by atoms with Crippen molar-refractivity contribution in [2.45, 2.75) is 19.8 Å². The molecule has 0 N–H and O–H groups in total. The molecule has 0 fully saturated rings. The number of benzene rings is 3. The third-order valence-corrected chi connectivity index (χ3v) is 4.37. The Balaban J connectivity index is 1.69. The molecule has 31 heavy (non-hydrogen) atoms. The predicted molar refractivity (Wildman–Crippen MR) is 108 cm³/mol. The van der Waals surface area contributed by atoms with Crippen molar-refractivity contribution >= 4 is 11.9 Å². The van der Waals surface area contributed by atoms with Crippen LogP contribution in [-0.4, -0.2) is 11.9 Å². The normalized spacial score (nSPS) is 10.3. The maximum absolute atomic E-state index is 14.4. The quantitative estimate of drug-likeness (QED) is 0.403. The molecular weight excluding hydrogens is 404 g/mol. The van der Waals surface area contributed by atoms with Crippen LogP contribution in [-0.2, 0) is 6.42 Å². The molecule has 0 aromatic heterocycles. The smallest absolute Gasteiger partial charge is 0.346 e. The van der Waals surface area contributed by atoms with Gasteiger partial charge in [0.1, 0.15) is 29.2 Å². The van der Waals surface area contributed by atoms with Crippen molar-refractivity contribution in [2.75, 3.05) is 0 Å². The molecule has 0 bridgehead atoms. The van der Waals surface area contributed by atoms with E-state index in [1.165, 1.54) is 12.1 Å². The minimum Gasteiger partial charge on any atom is -0.423 e. The zero-order valence-corrected chi connectivity index (χ0v) is 16.5. The zero-order valence-electron chi connectivity index (χ0n) is 16.5.